The van der Waals surface area contributed by atoms with Gasteiger partial charge in [0.2, 0.25) is 0 Å². The number of carbonyl (C=O) groups is 1. The van der Waals surface area contributed by atoms with Crippen molar-refractivity contribution in [3.8, 4) is 11.8 Å². The number of carbonyl (C=O) groups excluding carboxylic acids is 1. The van der Waals surface area contributed by atoms with Crippen LogP contribution in [0, 0.1) is 11.3 Å². The molecule has 1 aromatic rings. The lowest BCUT2D eigenvalue weighted by Crippen LogP contribution is -2.39. The minimum absolute atomic E-state index is 0.251. The standard InChI is InChI=1S/C20H21BrN4O3S/c1-4-6-13-16(19(26)28-5-2)17(11-7-8-14(27-3)12(21)9-11)25-18(23)15(10-22)29-20(25)24-13/h7-9,17H,4-6,23H2,1-3H3/t17-/m0/s1. The number of nitriles is 1. The van der Waals surface area contributed by atoms with Gasteiger partial charge in [-0.3, -0.25) is 4.90 Å². The van der Waals surface area contributed by atoms with Crippen molar-refractivity contribution >= 4 is 38.8 Å². The van der Waals surface area contributed by atoms with E-state index in [1.807, 2.05) is 25.1 Å². The highest BCUT2D eigenvalue weighted by Gasteiger charge is 2.43. The maximum absolute atomic E-state index is 13.0. The molecule has 0 fully saturated rings. The Balaban J connectivity index is 2.23. The molecule has 0 aromatic heterocycles. The average Bonchev–Trinajstić information content (AvgIpc) is 3.02. The molecule has 0 unspecified atom stereocenters. The molecular weight excluding hydrogens is 456 g/mol. The summed E-state index contributed by atoms with van der Waals surface area (Å²) in [5.74, 6) is 0.523. The summed E-state index contributed by atoms with van der Waals surface area (Å²) in [6, 6.07) is 7.15. The summed E-state index contributed by atoms with van der Waals surface area (Å²) in [5, 5.41) is 10.1. The molecule has 1 atom stereocenters. The fraction of sp³-hybridized carbons (Fsp3) is 0.350. The number of amidine groups is 1. The van der Waals surface area contributed by atoms with Gasteiger partial charge in [0.05, 0.1) is 35.5 Å². The van der Waals surface area contributed by atoms with Gasteiger partial charge in [0.25, 0.3) is 0 Å². The number of esters is 1. The van der Waals surface area contributed by atoms with Crippen molar-refractivity contribution in [3.63, 3.8) is 0 Å². The minimum atomic E-state index is -0.552. The number of nitrogens with zero attached hydrogens (tertiary/aromatic N) is 3. The van der Waals surface area contributed by atoms with Gasteiger partial charge < -0.3 is 15.2 Å². The van der Waals surface area contributed by atoms with Crippen LogP contribution in [0.3, 0.4) is 0 Å². The summed E-state index contributed by atoms with van der Waals surface area (Å²) < 4.78 is 11.4. The first-order valence-electron chi connectivity index (χ1n) is 9.15. The number of ether oxygens (including phenoxy) is 2. The molecule has 0 aliphatic carbocycles. The van der Waals surface area contributed by atoms with Crippen LogP contribution in [0.4, 0.5) is 0 Å². The van der Waals surface area contributed by atoms with Crippen LogP contribution in [0.15, 0.2) is 49.7 Å². The summed E-state index contributed by atoms with van der Waals surface area (Å²) in [5.41, 5.74) is 8.20. The molecule has 0 bridgehead atoms. The first-order chi connectivity index (χ1) is 14.0. The number of methoxy groups -OCH3 is 1. The molecule has 3 rings (SSSR count). The Morgan fingerprint density at radius 2 is 2.21 bits per heavy atom. The number of hydrogen-bond acceptors (Lipinski definition) is 8. The Kier molecular flexibility index (Phi) is 6.55. The maximum atomic E-state index is 13.0. The number of benzene rings is 1. The van der Waals surface area contributed by atoms with Crippen molar-refractivity contribution in [2.75, 3.05) is 13.7 Å². The van der Waals surface area contributed by atoms with Gasteiger partial charge in [-0.05, 0) is 58.7 Å². The van der Waals surface area contributed by atoms with Gasteiger partial charge in [-0.25, -0.2) is 9.79 Å². The van der Waals surface area contributed by atoms with E-state index in [0.717, 1.165) is 16.5 Å². The summed E-state index contributed by atoms with van der Waals surface area (Å²) >= 11 is 4.73. The number of aliphatic imine (C=N–C) groups is 1. The predicted molar refractivity (Wildman–Crippen MR) is 116 cm³/mol. The maximum Gasteiger partial charge on any atom is 0.338 e. The Bertz CT molecular complexity index is 980. The van der Waals surface area contributed by atoms with Crippen molar-refractivity contribution in [3.05, 3.63) is 50.2 Å². The molecule has 0 saturated carbocycles. The summed E-state index contributed by atoms with van der Waals surface area (Å²) in [6.07, 6.45) is 1.42. The van der Waals surface area contributed by atoms with Gasteiger partial charge in [0.1, 0.15) is 22.5 Å². The summed E-state index contributed by atoms with van der Waals surface area (Å²) in [7, 11) is 1.59. The van der Waals surface area contributed by atoms with Gasteiger partial charge in [0, 0.05) is 0 Å². The highest BCUT2D eigenvalue weighted by atomic mass is 79.9. The minimum Gasteiger partial charge on any atom is -0.496 e. The van der Waals surface area contributed by atoms with Crippen LogP contribution in [0.25, 0.3) is 0 Å². The van der Waals surface area contributed by atoms with Crippen LogP contribution in [0.5, 0.6) is 5.75 Å². The van der Waals surface area contributed by atoms with E-state index >= 15 is 0 Å². The van der Waals surface area contributed by atoms with Crippen LogP contribution in [0.1, 0.15) is 38.3 Å². The van der Waals surface area contributed by atoms with Crippen LogP contribution in [0.2, 0.25) is 0 Å². The molecule has 2 heterocycles. The molecule has 152 valence electrons. The number of thioether (sulfide) groups is 1. The highest BCUT2D eigenvalue weighted by Crippen LogP contribution is 2.47. The SMILES string of the molecule is CCCC1=C(C(=O)OCC)[C@H](c2ccc(OC)c(Br)c2)N2C(=N1)SC(C#N)=C2N. The predicted octanol–water partition coefficient (Wildman–Crippen LogP) is 4.19. The Morgan fingerprint density at radius 1 is 1.45 bits per heavy atom. The van der Waals surface area contributed by atoms with E-state index in [4.69, 9.17) is 15.2 Å². The molecule has 2 aliphatic heterocycles. The zero-order chi connectivity index (χ0) is 21.1. The second kappa shape index (κ2) is 8.93. The van der Waals surface area contributed by atoms with Crippen LogP contribution in [-0.2, 0) is 9.53 Å². The van der Waals surface area contributed by atoms with Gasteiger partial charge >= 0.3 is 5.97 Å². The third-order valence-electron chi connectivity index (χ3n) is 4.54. The second-order valence-electron chi connectivity index (χ2n) is 6.32. The Hall–Kier alpha value is -2.44. The van der Waals surface area contributed by atoms with Crippen LogP contribution < -0.4 is 10.5 Å². The van der Waals surface area contributed by atoms with E-state index in [2.05, 4.69) is 27.0 Å². The molecule has 29 heavy (non-hydrogen) atoms. The quantitative estimate of drug-likeness (QED) is 0.614. The largest absolute Gasteiger partial charge is 0.496 e. The lowest BCUT2D eigenvalue weighted by atomic mass is 9.93. The molecule has 0 spiro atoms. The normalized spacial score (nSPS) is 18.4. The van der Waals surface area contributed by atoms with Gasteiger partial charge in [-0.1, -0.05) is 19.4 Å². The molecule has 0 saturated heterocycles. The van der Waals surface area contributed by atoms with E-state index < -0.39 is 12.0 Å². The topological polar surface area (TPSA) is 101 Å². The molecule has 9 heteroatoms. The first-order valence-corrected chi connectivity index (χ1v) is 10.8. The Labute approximate surface area is 182 Å². The molecule has 2 N–H and O–H groups in total. The number of rotatable bonds is 6. The van der Waals surface area contributed by atoms with Crippen LogP contribution in [-0.4, -0.2) is 29.8 Å². The van der Waals surface area contributed by atoms with Gasteiger partial charge in [-0.15, -0.1) is 0 Å². The number of allylic oxidation sites excluding steroid dienone is 2. The monoisotopic (exact) mass is 476 g/mol. The zero-order valence-electron chi connectivity index (χ0n) is 16.4. The molecule has 0 amide bonds. The van der Waals surface area contributed by atoms with Crippen molar-refractivity contribution in [2.45, 2.75) is 32.7 Å². The lowest BCUT2D eigenvalue weighted by molar-refractivity contribution is -0.139. The highest BCUT2D eigenvalue weighted by molar-refractivity contribution is 9.10. The van der Waals surface area contributed by atoms with E-state index in [0.29, 0.717) is 33.5 Å². The van der Waals surface area contributed by atoms with Gasteiger partial charge in [-0.2, -0.15) is 5.26 Å². The number of nitrogens with two attached hydrogens (primary N) is 1. The summed E-state index contributed by atoms with van der Waals surface area (Å²) in [4.78, 5) is 19.8. The average molecular weight is 477 g/mol. The van der Waals surface area contributed by atoms with Gasteiger partial charge in [0.15, 0.2) is 5.17 Å². The smallest absolute Gasteiger partial charge is 0.338 e. The van der Waals surface area contributed by atoms with Crippen LogP contribution >= 0.6 is 27.7 Å². The molecule has 0 radical (unpaired) electrons. The molecule has 7 nitrogen and oxygen atoms in total. The van der Waals surface area contributed by atoms with Crippen molar-refractivity contribution in [1.82, 2.24) is 4.90 Å². The third kappa shape index (κ3) is 3.87. The van der Waals surface area contributed by atoms with E-state index in [-0.39, 0.29) is 12.4 Å². The fourth-order valence-corrected chi connectivity index (χ4v) is 4.76. The lowest BCUT2D eigenvalue weighted by Gasteiger charge is -2.35. The zero-order valence-corrected chi connectivity index (χ0v) is 18.8. The van der Waals surface area contributed by atoms with E-state index in [1.165, 1.54) is 11.8 Å². The first kappa shape index (κ1) is 21.3. The molecule has 2 aliphatic rings. The molecule has 1 aromatic carbocycles. The second-order valence-corrected chi connectivity index (χ2v) is 8.15. The summed E-state index contributed by atoms with van der Waals surface area (Å²) in [6.45, 7) is 4.04. The Morgan fingerprint density at radius 3 is 2.79 bits per heavy atom. The van der Waals surface area contributed by atoms with E-state index in [9.17, 15) is 10.1 Å². The number of fused-ring (bicyclic) bond motifs is 1. The number of halogens is 1. The molecular formula is C20H21BrN4O3S. The van der Waals surface area contributed by atoms with Crippen molar-refractivity contribution < 1.29 is 14.3 Å². The third-order valence-corrected chi connectivity index (χ3v) is 6.13. The van der Waals surface area contributed by atoms with Crippen molar-refractivity contribution in [1.29, 1.82) is 5.26 Å². The van der Waals surface area contributed by atoms with Crippen molar-refractivity contribution in [2.24, 2.45) is 10.7 Å². The number of hydrogen-bond donors (Lipinski definition) is 1. The van der Waals surface area contributed by atoms with E-state index in [1.54, 1.807) is 18.9 Å². The fourth-order valence-electron chi connectivity index (χ4n) is 3.31.